The van der Waals surface area contributed by atoms with Gasteiger partial charge in [0.1, 0.15) is 0 Å². The zero-order valence-electron chi connectivity index (χ0n) is 13.1. The van der Waals surface area contributed by atoms with Crippen LogP contribution in [0.4, 0.5) is 0 Å². The van der Waals surface area contributed by atoms with Crippen LogP contribution in [0.1, 0.15) is 21.7 Å². The van der Waals surface area contributed by atoms with Crippen molar-refractivity contribution in [2.45, 2.75) is 11.9 Å². The van der Waals surface area contributed by atoms with Gasteiger partial charge in [0.25, 0.3) is 0 Å². The second-order valence-corrected chi connectivity index (χ2v) is 7.24. The molecular formula is C19H17N3OSe. The third kappa shape index (κ3) is 4.51. The molecule has 0 radical (unpaired) electrons. The van der Waals surface area contributed by atoms with E-state index >= 15 is 0 Å². The average molecular weight is 382 g/mol. The van der Waals surface area contributed by atoms with Gasteiger partial charge in [0.2, 0.25) is 0 Å². The zero-order chi connectivity index (χ0) is 16.6. The molecule has 1 N–H and O–H groups in total. The maximum atomic E-state index is 12.5. The molecule has 4 nitrogen and oxygen atoms in total. The SMILES string of the molecule is O=C(NCc1ccccn1)c1ccccc1[Se]Cc1ccccn1. The Morgan fingerprint density at radius 2 is 1.54 bits per heavy atom. The van der Waals surface area contributed by atoms with E-state index in [9.17, 15) is 4.79 Å². The van der Waals surface area contributed by atoms with Crippen LogP contribution in [-0.2, 0) is 11.9 Å². The number of nitrogens with one attached hydrogen (secondary N) is 1. The Morgan fingerprint density at radius 1 is 0.875 bits per heavy atom. The van der Waals surface area contributed by atoms with Crippen LogP contribution in [0.15, 0.2) is 73.1 Å². The molecule has 0 saturated carbocycles. The van der Waals surface area contributed by atoms with E-state index in [0.717, 1.165) is 26.7 Å². The molecule has 0 bridgehead atoms. The first-order valence-corrected chi connectivity index (χ1v) is 9.69. The van der Waals surface area contributed by atoms with Crippen molar-refractivity contribution in [3.05, 3.63) is 90.0 Å². The summed E-state index contributed by atoms with van der Waals surface area (Å²) in [5.41, 5.74) is 2.65. The first-order chi connectivity index (χ1) is 11.8. The van der Waals surface area contributed by atoms with E-state index in [-0.39, 0.29) is 20.9 Å². The second kappa shape index (κ2) is 8.39. The number of nitrogens with zero attached hydrogens (tertiary/aromatic N) is 2. The van der Waals surface area contributed by atoms with E-state index in [1.54, 1.807) is 12.4 Å². The monoisotopic (exact) mass is 383 g/mol. The summed E-state index contributed by atoms with van der Waals surface area (Å²) in [6.45, 7) is 0.432. The summed E-state index contributed by atoms with van der Waals surface area (Å²) in [7, 11) is 0. The van der Waals surface area contributed by atoms with E-state index in [2.05, 4.69) is 15.3 Å². The number of carbonyl (C=O) groups excluding carboxylic acids is 1. The number of benzene rings is 1. The predicted molar refractivity (Wildman–Crippen MR) is 95.2 cm³/mol. The first kappa shape index (κ1) is 16.4. The van der Waals surface area contributed by atoms with E-state index < -0.39 is 0 Å². The van der Waals surface area contributed by atoms with Gasteiger partial charge in [-0.3, -0.25) is 0 Å². The molecule has 24 heavy (non-hydrogen) atoms. The molecule has 1 amide bonds. The van der Waals surface area contributed by atoms with Gasteiger partial charge in [0.05, 0.1) is 0 Å². The summed E-state index contributed by atoms with van der Waals surface area (Å²) in [6.07, 6.45) is 3.53. The minimum atomic E-state index is -0.0563. The van der Waals surface area contributed by atoms with Crippen LogP contribution in [0.2, 0.25) is 0 Å². The molecule has 0 aliphatic rings. The quantitative estimate of drug-likeness (QED) is 0.663. The Hall–Kier alpha value is -2.49. The van der Waals surface area contributed by atoms with Crippen molar-refractivity contribution < 1.29 is 4.79 Å². The fourth-order valence-electron chi connectivity index (χ4n) is 2.18. The van der Waals surface area contributed by atoms with Crippen LogP contribution in [0.5, 0.6) is 0 Å². The number of rotatable bonds is 6. The van der Waals surface area contributed by atoms with Crippen molar-refractivity contribution in [2.24, 2.45) is 0 Å². The summed E-state index contributed by atoms with van der Waals surface area (Å²) < 4.78 is 1.09. The van der Waals surface area contributed by atoms with Gasteiger partial charge in [-0.1, -0.05) is 0 Å². The van der Waals surface area contributed by atoms with Crippen LogP contribution < -0.4 is 9.78 Å². The van der Waals surface area contributed by atoms with Crippen LogP contribution in [-0.4, -0.2) is 30.8 Å². The molecule has 0 aliphatic carbocycles. The van der Waals surface area contributed by atoms with Gasteiger partial charge in [0.15, 0.2) is 0 Å². The Labute approximate surface area is 147 Å². The van der Waals surface area contributed by atoms with Crippen molar-refractivity contribution in [1.29, 1.82) is 0 Å². The van der Waals surface area contributed by atoms with Gasteiger partial charge in [0, 0.05) is 0 Å². The summed E-state index contributed by atoms with van der Waals surface area (Å²) in [5, 5.41) is 3.82. The third-order valence-corrected chi connectivity index (χ3v) is 5.71. The molecular weight excluding hydrogens is 365 g/mol. The van der Waals surface area contributed by atoms with Crippen molar-refractivity contribution in [2.75, 3.05) is 0 Å². The van der Waals surface area contributed by atoms with Gasteiger partial charge in [-0.05, 0) is 0 Å². The summed E-state index contributed by atoms with van der Waals surface area (Å²) >= 11 is 0.160. The van der Waals surface area contributed by atoms with Crippen molar-refractivity contribution in [3.8, 4) is 0 Å². The normalized spacial score (nSPS) is 10.3. The molecule has 0 saturated heterocycles. The first-order valence-electron chi connectivity index (χ1n) is 7.63. The van der Waals surface area contributed by atoms with E-state index in [4.69, 9.17) is 0 Å². The second-order valence-electron chi connectivity index (χ2n) is 5.11. The van der Waals surface area contributed by atoms with Crippen molar-refractivity contribution >= 4 is 25.3 Å². The number of pyridine rings is 2. The van der Waals surface area contributed by atoms with Crippen LogP contribution in [0, 0.1) is 0 Å². The molecule has 2 heterocycles. The molecule has 120 valence electrons. The fraction of sp³-hybridized carbons (Fsp3) is 0.105. The molecule has 0 unspecified atom stereocenters. The van der Waals surface area contributed by atoms with Gasteiger partial charge >= 0.3 is 147 Å². The van der Waals surface area contributed by atoms with E-state index in [0.29, 0.717) is 6.54 Å². The fourth-order valence-corrected chi connectivity index (χ4v) is 4.21. The third-order valence-electron chi connectivity index (χ3n) is 3.39. The molecule has 0 aliphatic heterocycles. The Kier molecular flexibility index (Phi) is 5.72. The Bertz CT molecular complexity index is 794. The minimum absolute atomic E-state index is 0.0563. The van der Waals surface area contributed by atoms with Crippen molar-refractivity contribution in [1.82, 2.24) is 15.3 Å². The Morgan fingerprint density at radius 3 is 2.25 bits per heavy atom. The summed E-state index contributed by atoms with van der Waals surface area (Å²) in [4.78, 5) is 21.1. The molecule has 3 aromatic rings. The number of amides is 1. The van der Waals surface area contributed by atoms with Crippen molar-refractivity contribution in [3.63, 3.8) is 0 Å². The van der Waals surface area contributed by atoms with Crippen LogP contribution >= 0.6 is 0 Å². The number of aromatic nitrogens is 2. The number of hydrogen-bond acceptors (Lipinski definition) is 3. The number of carbonyl (C=O) groups is 1. The standard InChI is InChI=1S/C19H17N3OSe/c23-19(22-13-15-7-3-5-11-20-15)17-9-1-2-10-18(17)24-14-16-8-4-6-12-21-16/h1-12H,13-14H2,(H,22,23). The molecule has 0 fully saturated rings. The molecule has 5 heteroatoms. The van der Waals surface area contributed by atoms with Gasteiger partial charge in [-0.15, -0.1) is 0 Å². The maximum absolute atomic E-state index is 12.5. The average Bonchev–Trinajstić information content (AvgIpc) is 2.66. The molecule has 3 rings (SSSR count). The summed E-state index contributed by atoms with van der Waals surface area (Å²) in [5.74, 6) is -0.0563. The number of hydrogen-bond donors (Lipinski definition) is 1. The Balaban J connectivity index is 1.65. The van der Waals surface area contributed by atoms with E-state index in [1.165, 1.54) is 0 Å². The van der Waals surface area contributed by atoms with Crippen LogP contribution in [0.3, 0.4) is 0 Å². The zero-order valence-corrected chi connectivity index (χ0v) is 14.8. The van der Waals surface area contributed by atoms with Gasteiger partial charge in [-0.25, -0.2) is 0 Å². The topological polar surface area (TPSA) is 54.9 Å². The van der Waals surface area contributed by atoms with E-state index in [1.807, 2.05) is 60.7 Å². The molecule has 2 aromatic heterocycles. The van der Waals surface area contributed by atoms with Gasteiger partial charge in [-0.2, -0.15) is 0 Å². The molecule has 0 atom stereocenters. The summed E-state index contributed by atoms with van der Waals surface area (Å²) in [6, 6.07) is 19.4. The molecule has 0 spiro atoms. The van der Waals surface area contributed by atoms with Gasteiger partial charge < -0.3 is 0 Å². The van der Waals surface area contributed by atoms with Crippen LogP contribution in [0.25, 0.3) is 0 Å². The predicted octanol–water partition coefficient (Wildman–Crippen LogP) is 1.94. The molecule has 1 aromatic carbocycles.